The van der Waals surface area contributed by atoms with Crippen LogP contribution in [0.15, 0.2) is 48.7 Å². The molecule has 2 N–H and O–H groups in total. The highest BCUT2D eigenvalue weighted by Crippen LogP contribution is 2.36. The van der Waals surface area contributed by atoms with Gasteiger partial charge in [0, 0.05) is 34.6 Å². The van der Waals surface area contributed by atoms with Gasteiger partial charge in [-0.25, -0.2) is 4.79 Å². The molecule has 3 aromatic rings. The van der Waals surface area contributed by atoms with E-state index in [-0.39, 0.29) is 17.5 Å². The summed E-state index contributed by atoms with van der Waals surface area (Å²) in [5.74, 6) is 0.849. The number of ether oxygens (including phenoxy) is 1. The van der Waals surface area contributed by atoms with Crippen LogP contribution in [0.1, 0.15) is 50.1 Å². The average Bonchev–Trinajstić information content (AvgIpc) is 2.67. The summed E-state index contributed by atoms with van der Waals surface area (Å²) in [7, 11) is 0. The lowest BCUT2D eigenvalue weighted by molar-refractivity contribution is 0.232. The van der Waals surface area contributed by atoms with Crippen LogP contribution in [-0.4, -0.2) is 17.6 Å². The molecule has 4 rings (SSSR count). The van der Waals surface area contributed by atoms with Crippen LogP contribution in [0.25, 0.3) is 10.8 Å². The quantitative estimate of drug-likeness (QED) is 0.609. The van der Waals surface area contributed by atoms with Gasteiger partial charge in [0.15, 0.2) is 0 Å². The number of aryl methyl sites for hydroxylation is 1. The third-order valence-corrected chi connectivity index (χ3v) is 5.37. The van der Waals surface area contributed by atoms with Crippen LogP contribution in [0.4, 0.5) is 10.5 Å². The van der Waals surface area contributed by atoms with E-state index in [9.17, 15) is 4.79 Å². The molecular weight excluding hydrogens is 362 g/mol. The molecule has 0 aliphatic carbocycles. The number of anilines is 1. The van der Waals surface area contributed by atoms with Crippen molar-refractivity contribution in [3.05, 3.63) is 65.5 Å². The Balaban J connectivity index is 1.57. The number of benzene rings is 2. The van der Waals surface area contributed by atoms with Crippen molar-refractivity contribution in [1.29, 1.82) is 0 Å². The molecule has 0 bridgehead atoms. The van der Waals surface area contributed by atoms with Gasteiger partial charge in [-0.2, -0.15) is 0 Å². The summed E-state index contributed by atoms with van der Waals surface area (Å²) < 4.78 is 5.81. The number of amides is 2. The zero-order valence-corrected chi connectivity index (χ0v) is 17.4. The lowest BCUT2D eigenvalue weighted by atomic mass is 9.84. The van der Waals surface area contributed by atoms with Crippen molar-refractivity contribution in [2.24, 2.45) is 0 Å². The van der Waals surface area contributed by atoms with Gasteiger partial charge in [-0.1, -0.05) is 39.0 Å². The average molecular weight is 389 g/mol. The fourth-order valence-corrected chi connectivity index (χ4v) is 3.71. The number of carbonyl (C=O) groups excluding carboxylic acids is 1. The van der Waals surface area contributed by atoms with Crippen LogP contribution >= 0.6 is 0 Å². The highest BCUT2D eigenvalue weighted by Gasteiger charge is 2.25. The van der Waals surface area contributed by atoms with Gasteiger partial charge in [0.25, 0.3) is 0 Å². The third-order valence-electron chi connectivity index (χ3n) is 5.37. The molecule has 1 aliphatic heterocycles. The Morgan fingerprint density at radius 1 is 1.17 bits per heavy atom. The highest BCUT2D eigenvalue weighted by atomic mass is 16.5. The van der Waals surface area contributed by atoms with E-state index >= 15 is 0 Å². The topological polar surface area (TPSA) is 63.2 Å². The first-order chi connectivity index (χ1) is 13.8. The van der Waals surface area contributed by atoms with E-state index in [4.69, 9.17) is 4.74 Å². The summed E-state index contributed by atoms with van der Waals surface area (Å²) in [6.07, 6.45) is 2.57. The molecule has 5 nitrogen and oxygen atoms in total. The number of pyridine rings is 1. The molecule has 2 aromatic carbocycles. The molecule has 150 valence electrons. The van der Waals surface area contributed by atoms with E-state index < -0.39 is 0 Å². The van der Waals surface area contributed by atoms with Crippen molar-refractivity contribution in [3.63, 3.8) is 0 Å². The fourth-order valence-electron chi connectivity index (χ4n) is 3.71. The number of urea groups is 1. The van der Waals surface area contributed by atoms with Gasteiger partial charge in [-0.15, -0.1) is 0 Å². The number of hydrogen-bond donors (Lipinski definition) is 2. The minimum Gasteiger partial charge on any atom is -0.493 e. The second-order valence-corrected chi connectivity index (χ2v) is 8.64. The van der Waals surface area contributed by atoms with Crippen LogP contribution in [0.2, 0.25) is 0 Å². The number of rotatable bonds is 2. The van der Waals surface area contributed by atoms with Crippen LogP contribution in [0.5, 0.6) is 5.75 Å². The third kappa shape index (κ3) is 4.04. The Kier molecular flexibility index (Phi) is 4.91. The molecule has 1 atom stereocenters. The molecular formula is C24H27N3O2. The van der Waals surface area contributed by atoms with Crippen molar-refractivity contribution in [3.8, 4) is 5.75 Å². The maximum atomic E-state index is 12.8. The molecule has 1 aliphatic rings. The van der Waals surface area contributed by atoms with Gasteiger partial charge in [-0.3, -0.25) is 4.98 Å². The zero-order valence-electron chi connectivity index (χ0n) is 17.4. The number of nitrogens with one attached hydrogen (secondary N) is 2. The van der Waals surface area contributed by atoms with Gasteiger partial charge in [0.2, 0.25) is 0 Å². The summed E-state index contributed by atoms with van der Waals surface area (Å²) in [5.41, 5.74) is 4.00. The molecule has 5 heteroatoms. The van der Waals surface area contributed by atoms with E-state index in [1.807, 2.05) is 43.5 Å². The molecule has 0 radical (unpaired) electrons. The van der Waals surface area contributed by atoms with Crippen molar-refractivity contribution < 1.29 is 9.53 Å². The molecule has 0 saturated carbocycles. The maximum Gasteiger partial charge on any atom is 0.319 e. The Morgan fingerprint density at radius 3 is 2.79 bits per heavy atom. The van der Waals surface area contributed by atoms with E-state index in [1.54, 1.807) is 0 Å². The molecule has 2 heterocycles. The molecule has 0 spiro atoms. The van der Waals surface area contributed by atoms with Crippen LogP contribution in [0.3, 0.4) is 0 Å². The number of hydrogen-bond acceptors (Lipinski definition) is 3. The number of fused-ring (bicyclic) bond motifs is 2. The standard InChI is InChI=1S/C24H27N3O2/c1-15-12-18-16(14-25-15)6-5-7-20(18)26-23(28)27-21-10-11-29-22-9-8-17(13-19(21)22)24(2,3)4/h5-9,12-14,21H,10-11H2,1-4H3,(H2,26,27,28). The SMILES string of the molecule is Cc1cc2c(NC(=O)NC3CCOc4ccc(C(C)(C)C)cc43)cccc2cn1. The largest absolute Gasteiger partial charge is 0.493 e. The number of aromatic nitrogens is 1. The minimum absolute atomic E-state index is 0.0358. The number of nitrogens with zero attached hydrogens (tertiary/aromatic N) is 1. The highest BCUT2D eigenvalue weighted by molar-refractivity contribution is 6.01. The first kappa shape index (κ1) is 19.2. The first-order valence-electron chi connectivity index (χ1n) is 10.0. The van der Waals surface area contributed by atoms with Gasteiger partial charge in [0.05, 0.1) is 18.3 Å². The van der Waals surface area contributed by atoms with Gasteiger partial charge >= 0.3 is 6.03 Å². The van der Waals surface area contributed by atoms with Crippen LogP contribution in [-0.2, 0) is 5.41 Å². The normalized spacial score (nSPS) is 16.1. The zero-order chi connectivity index (χ0) is 20.6. The predicted octanol–water partition coefficient (Wildman–Crippen LogP) is 5.49. The molecule has 1 unspecified atom stereocenters. The molecule has 0 fully saturated rings. The Hall–Kier alpha value is -3.08. The van der Waals surface area contributed by atoms with E-state index in [0.717, 1.165) is 39.9 Å². The second kappa shape index (κ2) is 7.39. The molecule has 2 amide bonds. The summed E-state index contributed by atoms with van der Waals surface area (Å²) in [5, 5.41) is 8.14. The van der Waals surface area contributed by atoms with Gasteiger partial charge in [0.1, 0.15) is 5.75 Å². The van der Waals surface area contributed by atoms with Crippen molar-refractivity contribution in [1.82, 2.24) is 10.3 Å². The Labute approximate surface area is 171 Å². The smallest absolute Gasteiger partial charge is 0.319 e. The lowest BCUT2D eigenvalue weighted by Crippen LogP contribution is -2.35. The molecule has 1 aromatic heterocycles. The van der Waals surface area contributed by atoms with Crippen LogP contribution in [0, 0.1) is 6.92 Å². The predicted molar refractivity (Wildman–Crippen MR) is 117 cm³/mol. The van der Waals surface area contributed by atoms with Crippen molar-refractivity contribution >= 4 is 22.5 Å². The Morgan fingerprint density at radius 2 is 2.00 bits per heavy atom. The second-order valence-electron chi connectivity index (χ2n) is 8.64. The first-order valence-corrected chi connectivity index (χ1v) is 10.0. The number of carbonyl (C=O) groups is 1. The van der Waals surface area contributed by atoms with Crippen molar-refractivity contribution in [2.75, 3.05) is 11.9 Å². The lowest BCUT2D eigenvalue weighted by Gasteiger charge is -2.29. The van der Waals surface area contributed by atoms with Gasteiger partial charge < -0.3 is 15.4 Å². The monoisotopic (exact) mass is 389 g/mol. The minimum atomic E-state index is -0.217. The summed E-state index contributed by atoms with van der Waals surface area (Å²) >= 11 is 0. The maximum absolute atomic E-state index is 12.8. The van der Waals surface area contributed by atoms with E-state index in [0.29, 0.717) is 6.61 Å². The fraction of sp³-hybridized carbons (Fsp3) is 0.333. The van der Waals surface area contributed by atoms with Crippen LogP contribution < -0.4 is 15.4 Å². The van der Waals surface area contributed by atoms with E-state index in [1.165, 1.54) is 5.56 Å². The molecule has 0 saturated heterocycles. The summed E-state index contributed by atoms with van der Waals surface area (Å²) in [6, 6.07) is 13.8. The molecule has 29 heavy (non-hydrogen) atoms. The van der Waals surface area contributed by atoms with Crippen molar-refractivity contribution in [2.45, 2.75) is 45.6 Å². The summed E-state index contributed by atoms with van der Waals surface area (Å²) in [4.78, 5) is 17.2. The Bertz CT molecular complexity index is 1070. The summed E-state index contributed by atoms with van der Waals surface area (Å²) in [6.45, 7) is 9.09. The van der Waals surface area contributed by atoms with Gasteiger partial charge in [-0.05, 0) is 42.2 Å². The van der Waals surface area contributed by atoms with E-state index in [2.05, 4.69) is 48.5 Å².